The summed E-state index contributed by atoms with van der Waals surface area (Å²) in [6.07, 6.45) is 0.0518. The van der Waals surface area contributed by atoms with Gasteiger partial charge in [0.1, 0.15) is 15.8 Å². The molecule has 0 saturated carbocycles. The average molecular weight is 326 g/mol. The van der Waals surface area contributed by atoms with Crippen LogP contribution in [0.25, 0.3) is 0 Å². The van der Waals surface area contributed by atoms with Crippen molar-refractivity contribution in [3.8, 4) is 11.5 Å². The summed E-state index contributed by atoms with van der Waals surface area (Å²) in [5, 5.41) is 4.74. The van der Waals surface area contributed by atoms with Gasteiger partial charge in [-0.2, -0.15) is 0 Å². The number of methoxy groups -OCH3 is 2. The minimum atomic E-state index is -0.481. The predicted octanol–water partition coefficient (Wildman–Crippen LogP) is 1.55. The lowest BCUT2D eigenvalue weighted by atomic mass is 10.2. The van der Waals surface area contributed by atoms with E-state index in [0.29, 0.717) is 21.5 Å². The lowest BCUT2D eigenvalue weighted by Crippen LogP contribution is -2.27. The van der Waals surface area contributed by atoms with Crippen LogP contribution < -0.4 is 20.1 Å². The van der Waals surface area contributed by atoms with E-state index in [4.69, 9.17) is 21.7 Å². The molecule has 1 saturated heterocycles. The Morgan fingerprint density at radius 2 is 1.95 bits per heavy atom. The largest absolute Gasteiger partial charge is 0.497 e. The van der Waals surface area contributed by atoms with E-state index in [-0.39, 0.29) is 18.2 Å². The van der Waals surface area contributed by atoms with E-state index in [1.807, 2.05) is 0 Å². The third kappa shape index (κ3) is 4.08. The number of hydrogen-bond acceptors (Lipinski definition) is 6. The lowest BCUT2D eigenvalue weighted by Gasteiger charge is -2.10. The van der Waals surface area contributed by atoms with Crippen LogP contribution in [0.2, 0.25) is 0 Å². The van der Waals surface area contributed by atoms with E-state index in [1.54, 1.807) is 18.2 Å². The standard InChI is InChI=1S/C13H14N2O4S2/c1-18-8-3-7(4-9(5-8)19-2)14-11(16)6-10-12(17)15-13(20)21-10/h3-5,10H,6H2,1-2H3,(H,14,16)(H,15,17,20)/t10-/m0/s1. The third-order valence-electron chi connectivity index (χ3n) is 2.77. The first-order valence-corrected chi connectivity index (χ1v) is 7.35. The van der Waals surface area contributed by atoms with Crippen molar-refractivity contribution in [1.82, 2.24) is 5.32 Å². The van der Waals surface area contributed by atoms with Crippen LogP contribution in [0.5, 0.6) is 11.5 Å². The monoisotopic (exact) mass is 326 g/mol. The second-order valence-electron chi connectivity index (χ2n) is 4.24. The van der Waals surface area contributed by atoms with Gasteiger partial charge in [0.2, 0.25) is 11.8 Å². The van der Waals surface area contributed by atoms with Crippen LogP contribution in [0, 0.1) is 0 Å². The number of rotatable bonds is 5. The molecule has 2 rings (SSSR count). The SMILES string of the molecule is COc1cc(NC(=O)C[C@@H]2SC(=S)NC2=O)cc(OC)c1. The van der Waals surface area contributed by atoms with Crippen LogP contribution in [0.1, 0.15) is 6.42 Å². The van der Waals surface area contributed by atoms with Crippen molar-refractivity contribution >= 4 is 45.8 Å². The fourth-order valence-corrected chi connectivity index (χ4v) is 3.06. The Morgan fingerprint density at radius 1 is 1.33 bits per heavy atom. The Kier molecular flexibility index (Phi) is 5.03. The molecule has 1 fully saturated rings. The van der Waals surface area contributed by atoms with Gasteiger partial charge < -0.3 is 20.1 Å². The lowest BCUT2D eigenvalue weighted by molar-refractivity contribution is -0.122. The first kappa shape index (κ1) is 15.6. The molecule has 6 nitrogen and oxygen atoms in total. The van der Waals surface area contributed by atoms with Gasteiger partial charge in [0.05, 0.1) is 19.5 Å². The molecular weight excluding hydrogens is 312 g/mol. The minimum Gasteiger partial charge on any atom is -0.497 e. The maximum Gasteiger partial charge on any atom is 0.239 e. The number of thiocarbonyl (C=S) groups is 1. The van der Waals surface area contributed by atoms with E-state index in [9.17, 15) is 9.59 Å². The quantitative estimate of drug-likeness (QED) is 0.800. The third-order valence-corrected chi connectivity index (χ3v) is 4.15. The summed E-state index contributed by atoms with van der Waals surface area (Å²) in [5.74, 6) is 0.628. The second kappa shape index (κ2) is 6.77. The molecule has 8 heteroatoms. The van der Waals surface area contributed by atoms with Crippen LogP contribution in [0.3, 0.4) is 0 Å². The van der Waals surface area contributed by atoms with E-state index < -0.39 is 5.25 Å². The van der Waals surface area contributed by atoms with E-state index in [2.05, 4.69) is 10.6 Å². The van der Waals surface area contributed by atoms with Crippen molar-refractivity contribution in [2.24, 2.45) is 0 Å². The molecule has 0 aliphatic carbocycles. The van der Waals surface area contributed by atoms with Gasteiger partial charge in [-0.15, -0.1) is 0 Å². The van der Waals surface area contributed by atoms with Crippen LogP contribution >= 0.6 is 24.0 Å². The molecule has 0 unspecified atom stereocenters. The highest BCUT2D eigenvalue weighted by molar-refractivity contribution is 8.24. The fraction of sp³-hybridized carbons (Fsp3) is 0.308. The average Bonchev–Trinajstić information content (AvgIpc) is 2.76. The van der Waals surface area contributed by atoms with Crippen molar-refractivity contribution in [2.45, 2.75) is 11.7 Å². The molecule has 1 aromatic carbocycles. The molecule has 1 atom stereocenters. The molecule has 0 radical (unpaired) electrons. The number of anilines is 1. The number of carbonyl (C=O) groups is 2. The molecule has 1 aliphatic heterocycles. The van der Waals surface area contributed by atoms with E-state index >= 15 is 0 Å². The number of benzene rings is 1. The highest BCUT2D eigenvalue weighted by Crippen LogP contribution is 2.27. The number of hydrogen-bond donors (Lipinski definition) is 2. The number of carbonyl (C=O) groups excluding carboxylic acids is 2. The van der Waals surface area contributed by atoms with Crippen molar-refractivity contribution in [3.05, 3.63) is 18.2 Å². The fourth-order valence-electron chi connectivity index (χ4n) is 1.79. The Hall–Kier alpha value is -1.80. The summed E-state index contributed by atoms with van der Waals surface area (Å²) < 4.78 is 10.7. The first-order valence-electron chi connectivity index (χ1n) is 6.06. The maximum atomic E-state index is 12.0. The minimum absolute atomic E-state index is 0.0518. The van der Waals surface area contributed by atoms with Crippen LogP contribution in [-0.4, -0.2) is 35.6 Å². The second-order valence-corrected chi connectivity index (χ2v) is 6.12. The van der Waals surface area contributed by atoms with Gasteiger partial charge >= 0.3 is 0 Å². The van der Waals surface area contributed by atoms with Gasteiger partial charge in [0, 0.05) is 30.3 Å². The summed E-state index contributed by atoms with van der Waals surface area (Å²) in [6.45, 7) is 0. The molecule has 1 aliphatic rings. The predicted molar refractivity (Wildman–Crippen MR) is 84.9 cm³/mol. The van der Waals surface area contributed by atoms with Gasteiger partial charge in [0.25, 0.3) is 0 Å². The first-order chi connectivity index (χ1) is 10.0. The molecule has 1 aromatic rings. The maximum absolute atomic E-state index is 12.0. The topological polar surface area (TPSA) is 76.7 Å². The van der Waals surface area contributed by atoms with Crippen LogP contribution in [-0.2, 0) is 9.59 Å². The van der Waals surface area contributed by atoms with Crippen molar-refractivity contribution < 1.29 is 19.1 Å². The Morgan fingerprint density at radius 3 is 2.43 bits per heavy atom. The number of ether oxygens (including phenoxy) is 2. The Balaban J connectivity index is 2.02. The number of nitrogens with one attached hydrogen (secondary N) is 2. The Bertz CT molecular complexity index is 569. The molecule has 2 N–H and O–H groups in total. The van der Waals surface area contributed by atoms with Crippen molar-refractivity contribution in [1.29, 1.82) is 0 Å². The summed E-state index contributed by atoms with van der Waals surface area (Å²) in [5.41, 5.74) is 0.544. The molecule has 0 spiro atoms. The van der Waals surface area contributed by atoms with Gasteiger partial charge in [-0.05, 0) is 0 Å². The van der Waals surface area contributed by atoms with Crippen LogP contribution in [0.15, 0.2) is 18.2 Å². The molecule has 0 aromatic heterocycles. The smallest absolute Gasteiger partial charge is 0.239 e. The molecule has 21 heavy (non-hydrogen) atoms. The van der Waals surface area contributed by atoms with Crippen molar-refractivity contribution in [2.75, 3.05) is 19.5 Å². The number of thioether (sulfide) groups is 1. The zero-order chi connectivity index (χ0) is 15.4. The molecular formula is C13H14N2O4S2. The highest BCUT2D eigenvalue weighted by atomic mass is 32.2. The molecule has 1 heterocycles. The van der Waals surface area contributed by atoms with Gasteiger partial charge in [-0.1, -0.05) is 24.0 Å². The van der Waals surface area contributed by atoms with E-state index in [0.717, 1.165) is 0 Å². The summed E-state index contributed by atoms with van der Waals surface area (Å²) in [4.78, 5) is 23.5. The summed E-state index contributed by atoms with van der Waals surface area (Å²) in [6, 6.07) is 5.05. The van der Waals surface area contributed by atoms with E-state index in [1.165, 1.54) is 26.0 Å². The highest BCUT2D eigenvalue weighted by Gasteiger charge is 2.30. The van der Waals surface area contributed by atoms with Gasteiger partial charge in [-0.25, -0.2) is 0 Å². The van der Waals surface area contributed by atoms with Crippen LogP contribution in [0.4, 0.5) is 5.69 Å². The molecule has 2 amide bonds. The van der Waals surface area contributed by atoms with Crippen molar-refractivity contribution in [3.63, 3.8) is 0 Å². The van der Waals surface area contributed by atoms with Gasteiger partial charge in [-0.3, -0.25) is 9.59 Å². The zero-order valence-corrected chi connectivity index (χ0v) is 13.1. The summed E-state index contributed by atoms with van der Waals surface area (Å²) >= 11 is 6.08. The molecule has 0 bridgehead atoms. The zero-order valence-electron chi connectivity index (χ0n) is 11.5. The van der Waals surface area contributed by atoms with Gasteiger partial charge in [0.15, 0.2) is 0 Å². The normalized spacial score (nSPS) is 17.3. The number of amides is 2. The molecule has 112 valence electrons. The summed E-state index contributed by atoms with van der Waals surface area (Å²) in [7, 11) is 3.06. The Labute approximate surface area is 131 Å².